The SMILES string of the molecule is Cc1ccccc1CC(=O)N1CCC2(CCNC2)CC1.Cl. The van der Waals surface area contributed by atoms with Crippen LogP contribution in [0.5, 0.6) is 0 Å². The second kappa shape index (κ2) is 6.80. The van der Waals surface area contributed by atoms with Gasteiger partial charge in [-0.15, -0.1) is 12.4 Å². The lowest BCUT2D eigenvalue weighted by molar-refractivity contribution is -0.132. The molecule has 0 unspecified atom stereocenters. The van der Waals surface area contributed by atoms with Gasteiger partial charge in [0.25, 0.3) is 0 Å². The fourth-order valence-corrected chi connectivity index (χ4v) is 3.54. The van der Waals surface area contributed by atoms with E-state index in [-0.39, 0.29) is 12.4 Å². The summed E-state index contributed by atoms with van der Waals surface area (Å²) >= 11 is 0. The van der Waals surface area contributed by atoms with Crippen LogP contribution < -0.4 is 5.32 Å². The molecule has 2 aliphatic rings. The molecule has 2 saturated heterocycles. The fraction of sp³-hybridized carbons (Fsp3) is 0.588. The van der Waals surface area contributed by atoms with Gasteiger partial charge in [-0.05, 0) is 49.3 Å². The summed E-state index contributed by atoms with van der Waals surface area (Å²) in [5.41, 5.74) is 2.87. The Labute approximate surface area is 133 Å². The first kappa shape index (κ1) is 16.3. The number of hydrogen-bond acceptors (Lipinski definition) is 2. The number of likely N-dealkylation sites (tertiary alicyclic amines) is 1. The lowest BCUT2D eigenvalue weighted by Gasteiger charge is -2.39. The number of nitrogens with one attached hydrogen (secondary N) is 1. The smallest absolute Gasteiger partial charge is 0.226 e. The van der Waals surface area contributed by atoms with Gasteiger partial charge < -0.3 is 10.2 Å². The first-order valence-electron chi connectivity index (χ1n) is 7.72. The van der Waals surface area contributed by atoms with Crippen LogP contribution >= 0.6 is 12.4 Å². The standard InChI is InChI=1S/C17H24N2O.ClH/c1-14-4-2-3-5-15(14)12-16(20)19-10-7-17(8-11-19)6-9-18-13-17;/h2-5,18H,6-13H2,1H3;1H. The fourth-order valence-electron chi connectivity index (χ4n) is 3.54. The third kappa shape index (κ3) is 3.58. The number of benzene rings is 1. The van der Waals surface area contributed by atoms with Gasteiger partial charge in [-0.2, -0.15) is 0 Å². The zero-order chi connectivity index (χ0) is 14.0. The molecule has 0 atom stereocenters. The van der Waals surface area contributed by atoms with E-state index < -0.39 is 0 Å². The van der Waals surface area contributed by atoms with Gasteiger partial charge in [0.05, 0.1) is 6.42 Å². The highest BCUT2D eigenvalue weighted by molar-refractivity contribution is 5.85. The van der Waals surface area contributed by atoms with Gasteiger partial charge in [0.1, 0.15) is 0 Å². The van der Waals surface area contributed by atoms with Crippen molar-refractivity contribution in [1.29, 1.82) is 0 Å². The van der Waals surface area contributed by atoms with Crippen molar-refractivity contribution in [2.45, 2.75) is 32.6 Å². The summed E-state index contributed by atoms with van der Waals surface area (Å²) in [6.07, 6.45) is 4.17. The molecule has 1 N–H and O–H groups in total. The third-order valence-electron chi connectivity index (χ3n) is 5.11. The second-order valence-corrected chi connectivity index (χ2v) is 6.41. The number of nitrogens with zero attached hydrogens (tertiary/aromatic N) is 1. The minimum Gasteiger partial charge on any atom is -0.342 e. The van der Waals surface area contributed by atoms with E-state index in [0.717, 1.165) is 26.2 Å². The van der Waals surface area contributed by atoms with Gasteiger partial charge in [0, 0.05) is 19.6 Å². The molecule has 4 heteroatoms. The van der Waals surface area contributed by atoms with Crippen LogP contribution in [0.2, 0.25) is 0 Å². The maximum atomic E-state index is 12.4. The van der Waals surface area contributed by atoms with Crippen LogP contribution in [-0.2, 0) is 11.2 Å². The van der Waals surface area contributed by atoms with E-state index in [1.807, 2.05) is 12.1 Å². The average molecular weight is 309 g/mol. The predicted octanol–water partition coefficient (Wildman–Crippen LogP) is 2.56. The molecule has 2 fully saturated rings. The van der Waals surface area contributed by atoms with Crippen molar-refractivity contribution in [2.75, 3.05) is 26.2 Å². The monoisotopic (exact) mass is 308 g/mol. The number of carbonyl (C=O) groups is 1. The van der Waals surface area contributed by atoms with Crippen molar-refractivity contribution in [3.05, 3.63) is 35.4 Å². The lowest BCUT2D eigenvalue weighted by Crippen LogP contribution is -2.44. The number of amides is 1. The van der Waals surface area contributed by atoms with Gasteiger partial charge in [-0.1, -0.05) is 24.3 Å². The quantitative estimate of drug-likeness (QED) is 0.910. The molecule has 2 aliphatic heterocycles. The summed E-state index contributed by atoms with van der Waals surface area (Å²) in [5.74, 6) is 0.292. The van der Waals surface area contributed by atoms with Crippen LogP contribution in [0.3, 0.4) is 0 Å². The molecule has 1 amide bonds. The van der Waals surface area contributed by atoms with E-state index in [1.54, 1.807) is 0 Å². The van der Waals surface area contributed by atoms with Crippen LogP contribution in [0.15, 0.2) is 24.3 Å². The maximum Gasteiger partial charge on any atom is 0.226 e. The molecule has 116 valence electrons. The number of rotatable bonds is 2. The van der Waals surface area contributed by atoms with Crippen LogP contribution in [0, 0.1) is 12.3 Å². The summed E-state index contributed by atoms with van der Waals surface area (Å²) in [5, 5.41) is 3.47. The van der Waals surface area contributed by atoms with E-state index in [2.05, 4.69) is 29.3 Å². The van der Waals surface area contributed by atoms with Crippen molar-refractivity contribution in [3.63, 3.8) is 0 Å². The number of piperidine rings is 1. The molecule has 1 spiro atoms. The van der Waals surface area contributed by atoms with Crippen molar-refractivity contribution < 1.29 is 4.79 Å². The Balaban J connectivity index is 0.00000161. The van der Waals surface area contributed by atoms with Gasteiger partial charge in [-0.25, -0.2) is 0 Å². The predicted molar refractivity (Wildman–Crippen MR) is 87.9 cm³/mol. The van der Waals surface area contributed by atoms with E-state index in [9.17, 15) is 4.79 Å². The summed E-state index contributed by atoms with van der Waals surface area (Å²) in [6, 6.07) is 8.20. The van der Waals surface area contributed by atoms with E-state index in [0.29, 0.717) is 17.7 Å². The highest BCUT2D eigenvalue weighted by Crippen LogP contribution is 2.36. The Morgan fingerprint density at radius 3 is 2.57 bits per heavy atom. The molecule has 21 heavy (non-hydrogen) atoms. The Morgan fingerprint density at radius 2 is 1.95 bits per heavy atom. The van der Waals surface area contributed by atoms with Crippen LogP contribution in [-0.4, -0.2) is 37.0 Å². The number of carbonyl (C=O) groups excluding carboxylic acids is 1. The van der Waals surface area contributed by atoms with E-state index in [4.69, 9.17) is 0 Å². The molecule has 3 rings (SSSR count). The van der Waals surface area contributed by atoms with Crippen molar-refractivity contribution in [1.82, 2.24) is 10.2 Å². The van der Waals surface area contributed by atoms with E-state index >= 15 is 0 Å². The highest BCUT2D eigenvalue weighted by Gasteiger charge is 2.37. The highest BCUT2D eigenvalue weighted by atomic mass is 35.5. The Hall–Kier alpha value is -1.06. The normalized spacial score (nSPS) is 20.3. The molecule has 1 aromatic rings. The van der Waals surface area contributed by atoms with E-state index in [1.165, 1.54) is 30.4 Å². The Morgan fingerprint density at radius 1 is 1.24 bits per heavy atom. The number of aryl methyl sites for hydroxylation is 1. The Kier molecular flexibility index (Phi) is 5.28. The van der Waals surface area contributed by atoms with Crippen molar-refractivity contribution in [2.24, 2.45) is 5.41 Å². The lowest BCUT2D eigenvalue weighted by atomic mass is 9.78. The minimum absolute atomic E-state index is 0. The van der Waals surface area contributed by atoms with Gasteiger partial charge in [0.15, 0.2) is 0 Å². The van der Waals surface area contributed by atoms with Gasteiger partial charge in [0.2, 0.25) is 5.91 Å². The molecule has 2 heterocycles. The molecular weight excluding hydrogens is 284 g/mol. The Bertz CT molecular complexity index is 487. The van der Waals surface area contributed by atoms with Crippen LogP contribution in [0.1, 0.15) is 30.4 Å². The molecule has 0 saturated carbocycles. The molecule has 0 aromatic heterocycles. The summed E-state index contributed by atoms with van der Waals surface area (Å²) in [7, 11) is 0. The average Bonchev–Trinajstić information content (AvgIpc) is 2.90. The summed E-state index contributed by atoms with van der Waals surface area (Å²) in [6.45, 7) is 6.25. The second-order valence-electron chi connectivity index (χ2n) is 6.41. The zero-order valence-electron chi connectivity index (χ0n) is 12.7. The minimum atomic E-state index is 0. The first-order chi connectivity index (χ1) is 9.69. The topological polar surface area (TPSA) is 32.3 Å². The third-order valence-corrected chi connectivity index (χ3v) is 5.11. The molecule has 3 nitrogen and oxygen atoms in total. The molecule has 1 aromatic carbocycles. The summed E-state index contributed by atoms with van der Waals surface area (Å²) < 4.78 is 0. The number of hydrogen-bond donors (Lipinski definition) is 1. The maximum absolute atomic E-state index is 12.4. The molecular formula is C17H25ClN2O. The van der Waals surface area contributed by atoms with Crippen LogP contribution in [0.4, 0.5) is 0 Å². The van der Waals surface area contributed by atoms with Crippen LogP contribution in [0.25, 0.3) is 0 Å². The molecule has 0 radical (unpaired) electrons. The van der Waals surface area contributed by atoms with Gasteiger partial charge >= 0.3 is 0 Å². The number of halogens is 1. The summed E-state index contributed by atoms with van der Waals surface area (Å²) in [4.78, 5) is 14.5. The first-order valence-corrected chi connectivity index (χ1v) is 7.72. The largest absolute Gasteiger partial charge is 0.342 e. The molecule has 0 bridgehead atoms. The van der Waals surface area contributed by atoms with Crippen molar-refractivity contribution >= 4 is 18.3 Å². The van der Waals surface area contributed by atoms with Gasteiger partial charge in [-0.3, -0.25) is 4.79 Å². The molecule has 0 aliphatic carbocycles. The van der Waals surface area contributed by atoms with Crippen molar-refractivity contribution in [3.8, 4) is 0 Å². The zero-order valence-corrected chi connectivity index (χ0v) is 13.5.